The van der Waals surface area contributed by atoms with Crippen molar-refractivity contribution < 1.29 is 27.5 Å². The van der Waals surface area contributed by atoms with Crippen LogP contribution in [0.25, 0.3) is 0 Å². The van der Waals surface area contributed by atoms with E-state index < -0.39 is 10.0 Å². The zero-order valence-electron chi connectivity index (χ0n) is 19.4. The van der Waals surface area contributed by atoms with Crippen molar-refractivity contribution in [2.45, 2.75) is 44.9 Å². The molecule has 0 aliphatic carbocycles. The van der Waals surface area contributed by atoms with Gasteiger partial charge in [-0.25, -0.2) is 8.42 Å². The van der Waals surface area contributed by atoms with Gasteiger partial charge in [-0.15, -0.1) is 0 Å². The van der Waals surface area contributed by atoms with Crippen molar-refractivity contribution in [3.8, 4) is 5.75 Å². The van der Waals surface area contributed by atoms with Crippen molar-refractivity contribution in [2.24, 2.45) is 17.8 Å². The van der Waals surface area contributed by atoms with E-state index in [1.54, 1.807) is 17.9 Å². The van der Waals surface area contributed by atoms with E-state index in [1.165, 1.54) is 23.5 Å². The van der Waals surface area contributed by atoms with E-state index in [9.17, 15) is 18.0 Å². The lowest BCUT2D eigenvalue weighted by Gasteiger charge is -2.34. The summed E-state index contributed by atoms with van der Waals surface area (Å²) < 4.78 is 38.9. The molecule has 1 aromatic carbocycles. The lowest BCUT2D eigenvalue weighted by molar-refractivity contribution is -0.149. The second-order valence-electron chi connectivity index (χ2n) is 8.98. The van der Waals surface area contributed by atoms with Gasteiger partial charge in [-0.2, -0.15) is 4.31 Å². The maximum atomic E-state index is 13.5. The molecule has 32 heavy (non-hydrogen) atoms. The van der Waals surface area contributed by atoms with Crippen LogP contribution in [0.15, 0.2) is 23.1 Å². The van der Waals surface area contributed by atoms with Crippen LogP contribution in [0.3, 0.4) is 0 Å². The molecule has 2 saturated heterocycles. The van der Waals surface area contributed by atoms with Gasteiger partial charge >= 0.3 is 5.97 Å². The van der Waals surface area contributed by atoms with Gasteiger partial charge in [0, 0.05) is 31.7 Å². The molecule has 2 aliphatic heterocycles. The number of methoxy groups -OCH3 is 1. The molecule has 8 nitrogen and oxygen atoms in total. The second-order valence-corrected chi connectivity index (χ2v) is 10.9. The Morgan fingerprint density at radius 1 is 1.12 bits per heavy atom. The van der Waals surface area contributed by atoms with Crippen LogP contribution in [-0.2, 0) is 19.6 Å². The number of amides is 1. The highest BCUT2D eigenvalue weighted by Crippen LogP contribution is 2.32. The largest absolute Gasteiger partial charge is 0.495 e. The number of carbonyl (C=O) groups is 2. The molecule has 0 aromatic heterocycles. The SMILES string of the molecule is CCOC(=O)[C@H]1CCCN(C(=O)c2ccc(OC)c(S(=O)(=O)N3C[C@H](C)C[C@H](C)C3)c2)C1. The Morgan fingerprint density at radius 2 is 1.81 bits per heavy atom. The quantitative estimate of drug-likeness (QED) is 0.599. The molecule has 0 N–H and O–H groups in total. The summed E-state index contributed by atoms with van der Waals surface area (Å²) in [4.78, 5) is 27.0. The van der Waals surface area contributed by atoms with Gasteiger partial charge in [0.2, 0.25) is 10.0 Å². The number of piperidine rings is 2. The van der Waals surface area contributed by atoms with Crippen molar-refractivity contribution in [3.63, 3.8) is 0 Å². The number of carbonyl (C=O) groups excluding carboxylic acids is 2. The summed E-state index contributed by atoms with van der Waals surface area (Å²) in [5.41, 5.74) is 0.270. The molecule has 3 rings (SSSR count). The van der Waals surface area contributed by atoms with Crippen LogP contribution in [-0.4, -0.2) is 69.4 Å². The zero-order valence-corrected chi connectivity index (χ0v) is 20.2. The van der Waals surface area contributed by atoms with E-state index in [4.69, 9.17) is 9.47 Å². The highest BCUT2D eigenvalue weighted by atomic mass is 32.2. The van der Waals surface area contributed by atoms with E-state index in [-0.39, 0.29) is 52.4 Å². The van der Waals surface area contributed by atoms with Crippen LogP contribution in [0, 0.1) is 17.8 Å². The molecule has 9 heteroatoms. The predicted molar refractivity (Wildman–Crippen MR) is 120 cm³/mol. The first-order valence-corrected chi connectivity index (χ1v) is 12.8. The normalized spacial score (nSPS) is 24.8. The average molecular weight is 467 g/mol. The minimum Gasteiger partial charge on any atom is -0.495 e. The molecule has 1 amide bonds. The van der Waals surface area contributed by atoms with Crippen LogP contribution >= 0.6 is 0 Å². The smallest absolute Gasteiger partial charge is 0.310 e. The van der Waals surface area contributed by atoms with Crippen molar-refractivity contribution in [1.29, 1.82) is 0 Å². The molecular formula is C23H34N2O6S. The molecule has 0 spiro atoms. The van der Waals surface area contributed by atoms with E-state index in [1.807, 2.05) is 13.8 Å². The molecule has 178 valence electrons. The summed E-state index contributed by atoms with van der Waals surface area (Å²) in [5.74, 6) is -0.203. The third-order valence-corrected chi connectivity index (χ3v) is 8.05. The molecule has 1 aromatic rings. The molecule has 2 aliphatic rings. The molecule has 0 bridgehead atoms. The number of sulfonamides is 1. The first-order chi connectivity index (χ1) is 15.2. The summed E-state index contributed by atoms with van der Waals surface area (Å²) in [6, 6.07) is 4.52. The highest BCUT2D eigenvalue weighted by molar-refractivity contribution is 7.89. The summed E-state index contributed by atoms with van der Waals surface area (Å²) >= 11 is 0. The Bertz CT molecular complexity index is 938. The fraction of sp³-hybridized carbons (Fsp3) is 0.652. The standard InChI is InChI=1S/C23H34N2O6S/c1-5-31-23(27)19-7-6-10-24(15-19)22(26)18-8-9-20(30-4)21(12-18)32(28,29)25-13-16(2)11-17(3)14-25/h8-9,12,16-17,19H,5-7,10-11,13-15H2,1-4H3/t16-,17+,19-/m0/s1. The van der Waals surface area contributed by atoms with Crippen molar-refractivity contribution in [1.82, 2.24) is 9.21 Å². The summed E-state index contributed by atoms with van der Waals surface area (Å²) in [7, 11) is -2.40. The topological polar surface area (TPSA) is 93.2 Å². The Morgan fingerprint density at radius 3 is 2.44 bits per heavy atom. The van der Waals surface area contributed by atoms with Crippen molar-refractivity contribution in [3.05, 3.63) is 23.8 Å². The third kappa shape index (κ3) is 5.26. The summed E-state index contributed by atoms with van der Waals surface area (Å²) in [6.45, 7) is 7.83. The second kappa shape index (κ2) is 10.2. The van der Waals surface area contributed by atoms with E-state index in [2.05, 4.69) is 0 Å². The lowest BCUT2D eigenvalue weighted by atomic mass is 9.94. The van der Waals surface area contributed by atoms with Crippen LogP contribution < -0.4 is 4.74 Å². The van der Waals surface area contributed by atoms with Crippen molar-refractivity contribution in [2.75, 3.05) is 39.9 Å². The third-order valence-electron chi connectivity index (χ3n) is 6.19. The van der Waals surface area contributed by atoms with Gasteiger partial charge in [-0.1, -0.05) is 13.8 Å². The van der Waals surface area contributed by atoms with Gasteiger partial charge in [-0.3, -0.25) is 9.59 Å². The molecule has 0 radical (unpaired) electrons. The maximum absolute atomic E-state index is 13.5. The number of likely N-dealkylation sites (tertiary alicyclic amines) is 1. The predicted octanol–water partition coefficient (Wildman–Crippen LogP) is 2.78. The lowest BCUT2D eigenvalue weighted by Crippen LogP contribution is -2.43. The molecular weight excluding hydrogens is 432 g/mol. The number of hydrogen-bond acceptors (Lipinski definition) is 6. The first-order valence-electron chi connectivity index (χ1n) is 11.3. The number of rotatable bonds is 6. The zero-order chi connectivity index (χ0) is 23.5. The Kier molecular flexibility index (Phi) is 7.82. The number of ether oxygens (including phenoxy) is 2. The Labute approximate surface area is 190 Å². The van der Waals surface area contributed by atoms with Crippen LogP contribution in [0.5, 0.6) is 5.75 Å². The first kappa shape index (κ1) is 24.5. The van der Waals surface area contributed by atoms with Gasteiger partial charge in [0.25, 0.3) is 5.91 Å². The molecule has 0 saturated carbocycles. The van der Waals surface area contributed by atoms with Crippen molar-refractivity contribution >= 4 is 21.9 Å². The van der Waals surface area contributed by atoms with E-state index in [0.717, 1.165) is 6.42 Å². The molecule has 2 heterocycles. The van der Waals surface area contributed by atoms with Gasteiger partial charge in [0.1, 0.15) is 10.6 Å². The molecule has 0 unspecified atom stereocenters. The minimum absolute atomic E-state index is 0.00565. The Hall–Kier alpha value is -2.13. The van der Waals surface area contributed by atoms with Gasteiger partial charge in [-0.05, 0) is 56.2 Å². The summed E-state index contributed by atoms with van der Waals surface area (Å²) in [6.07, 6.45) is 2.36. The monoisotopic (exact) mass is 466 g/mol. The van der Waals surface area contributed by atoms with Gasteiger partial charge in [0.15, 0.2) is 0 Å². The van der Waals surface area contributed by atoms with Crippen LogP contribution in [0.1, 0.15) is 50.4 Å². The fourth-order valence-electron chi connectivity index (χ4n) is 4.75. The number of esters is 1. The van der Waals surface area contributed by atoms with Crippen LogP contribution in [0.4, 0.5) is 0 Å². The summed E-state index contributed by atoms with van der Waals surface area (Å²) in [5, 5.41) is 0. The average Bonchev–Trinajstić information content (AvgIpc) is 2.77. The van der Waals surface area contributed by atoms with Gasteiger partial charge in [0.05, 0.1) is 19.6 Å². The number of hydrogen-bond donors (Lipinski definition) is 0. The Balaban J connectivity index is 1.87. The molecule has 3 atom stereocenters. The molecule has 2 fully saturated rings. The van der Waals surface area contributed by atoms with E-state index >= 15 is 0 Å². The highest BCUT2D eigenvalue weighted by Gasteiger charge is 2.35. The minimum atomic E-state index is -3.83. The van der Waals surface area contributed by atoms with Gasteiger partial charge < -0.3 is 14.4 Å². The van der Waals surface area contributed by atoms with Crippen LogP contribution in [0.2, 0.25) is 0 Å². The fourth-order valence-corrected chi connectivity index (χ4v) is 6.61. The maximum Gasteiger partial charge on any atom is 0.310 e. The number of benzene rings is 1. The van der Waals surface area contributed by atoms with E-state index in [0.29, 0.717) is 39.1 Å². The number of nitrogens with zero attached hydrogens (tertiary/aromatic N) is 2.